The highest BCUT2D eigenvalue weighted by molar-refractivity contribution is 4.88. The summed E-state index contributed by atoms with van der Waals surface area (Å²) in [5.74, 6) is 0. The van der Waals surface area contributed by atoms with Crippen molar-refractivity contribution in [2.24, 2.45) is 0 Å². The lowest BCUT2D eigenvalue weighted by Crippen LogP contribution is -2.57. The van der Waals surface area contributed by atoms with Gasteiger partial charge < -0.3 is 10.2 Å². The van der Waals surface area contributed by atoms with Gasteiger partial charge in [0.1, 0.15) is 0 Å². The number of unbranched alkanes of at least 4 members (excludes halogenated alkanes) is 3. The van der Waals surface area contributed by atoms with E-state index in [4.69, 9.17) is 0 Å². The molecule has 0 aromatic rings. The predicted octanol–water partition coefficient (Wildman–Crippen LogP) is 2.32. The van der Waals surface area contributed by atoms with E-state index >= 15 is 0 Å². The summed E-state index contributed by atoms with van der Waals surface area (Å²) in [4.78, 5) is 5.15. The summed E-state index contributed by atoms with van der Waals surface area (Å²) in [6.45, 7) is 11.0. The average molecular weight is 267 g/mol. The number of likely N-dealkylation sites (N-methyl/N-ethyl adjacent to an activating group) is 1. The van der Waals surface area contributed by atoms with Gasteiger partial charge in [-0.05, 0) is 59.7 Å². The van der Waals surface area contributed by atoms with Crippen LogP contribution in [0.15, 0.2) is 0 Å². The molecule has 3 heteroatoms. The van der Waals surface area contributed by atoms with Crippen molar-refractivity contribution in [3.05, 3.63) is 0 Å². The standard InChI is InChI=1S/C16H33N3/c1-16(2)14-19(13-12-18(16)3)11-7-5-4-6-10-17-15-8-9-15/h15,17H,4-14H2,1-3H3. The molecule has 2 fully saturated rings. The zero-order valence-electron chi connectivity index (χ0n) is 13.2. The molecule has 0 aromatic heterocycles. The topological polar surface area (TPSA) is 18.5 Å². The molecule has 2 rings (SSSR count). The molecule has 1 heterocycles. The maximum Gasteiger partial charge on any atom is 0.0277 e. The Balaban J connectivity index is 1.46. The summed E-state index contributed by atoms with van der Waals surface area (Å²) in [5, 5.41) is 3.60. The second-order valence-corrected chi connectivity index (χ2v) is 7.15. The van der Waals surface area contributed by atoms with Crippen LogP contribution in [0.5, 0.6) is 0 Å². The quantitative estimate of drug-likeness (QED) is 0.681. The van der Waals surface area contributed by atoms with Gasteiger partial charge in [-0.3, -0.25) is 4.90 Å². The van der Waals surface area contributed by atoms with E-state index in [1.807, 2.05) is 0 Å². The van der Waals surface area contributed by atoms with Crippen LogP contribution >= 0.6 is 0 Å². The Morgan fingerprint density at radius 3 is 2.47 bits per heavy atom. The Hall–Kier alpha value is -0.120. The van der Waals surface area contributed by atoms with E-state index in [-0.39, 0.29) is 0 Å². The van der Waals surface area contributed by atoms with Crippen LogP contribution in [0.1, 0.15) is 52.4 Å². The first-order valence-corrected chi connectivity index (χ1v) is 8.25. The van der Waals surface area contributed by atoms with Crippen LogP contribution in [0.3, 0.4) is 0 Å². The zero-order valence-corrected chi connectivity index (χ0v) is 13.2. The summed E-state index contributed by atoms with van der Waals surface area (Å²) in [6, 6.07) is 0.882. The molecule has 3 nitrogen and oxygen atoms in total. The number of piperazine rings is 1. The lowest BCUT2D eigenvalue weighted by Gasteiger charge is -2.45. The highest BCUT2D eigenvalue weighted by Crippen LogP contribution is 2.20. The van der Waals surface area contributed by atoms with Crippen LogP contribution in [-0.2, 0) is 0 Å². The second-order valence-electron chi connectivity index (χ2n) is 7.15. The molecular formula is C16H33N3. The molecule has 2 aliphatic rings. The Kier molecular flexibility index (Phi) is 5.67. The maximum absolute atomic E-state index is 3.60. The zero-order chi connectivity index (χ0) is 13.7. The SMILES string of the molecule is CN1CCN(CCCCCCNC2CC2)CC1(C)C. The van der Waals surface area contributed by atoms with E-state index in [0.29, 0.717) is 5.54 Å². The summed E-state index contributed by atoms with van der Waals surface area (Å²) in [6.07, 6.45) is 8.38. The van der Waals surface area contributed by atoms with Crippen molar-refractivity contribution >= 4 is 0 Å². The van der Waals surface area contributed by atoms with Gasteiger partial charge in [-0.25, -0.2) is 0 Å². The molecule has 0 radical (unpaired) electrons. The van der Waals surface area contributed by atoms with Crippen molar-refractivity contribution in [1.29, 1.82) is 0 Å². The Bertz CT molecular complexity index is 261. The minimum Gasteiger partial charge on any atom is -0.314 e. The molecule has 1 saturated carbocycles. The highest BCUT2D eigenvalue weighted by atomic mass is 15.3. The van der Waals surface area contributed by atoms with Crippen LogP contribution < -0.4 is 5.32 Å². The number of nitrogens with one attached hydrogen (secondary N) is 1. The third-order valence-corrected chi connectivity index (χ3v) is 4.81. The Morgan fingerprint density at radius 2 is 1.79 bits per heavy atom. The van der Waals surface area contributed by atoms with Gasteiger partial charge in [0.15, 0.2) is 0 Å². The van der Waals surface area contributed by atoms with Crippen molar-refractivity contribution in [3.63, 3.8) is 0 Å². The van der Waals surface area contributed by atoms with Gasteiger partial charge in [0.25, 0.3) is 0 Å². The largest absolute Gasteiger partial charge is 0.314 e. The van der Waals surface area contributed by atoms with Gasteiger partial charge in [0, 0.05) is 31.2 Å². The number of hydrogen-bond donors (Lipinski definition) is 1. The third kappa shape index (κ3) is 5.41. The summed E-state index contributed by atoms with van der Waals surface area (Å²) >= 11 is 0. The molecule has 0 spiro atoms. The molecule has 0 unspecified atom stereocenters. The molecule has 0 bridgehead atoms. The van der Waals surface area contributed by atoms with E-state index in [1.165, 1.54) is 71.2 Å². The summed E-state index contributed by atoms with van der Waals surface area (Å²) < 4.78 is 0. The third-order valence-electron chi connectivity index (χ3n) is 4.81. The molecule has 1 aliphatic carbocycles. The fourth-order valence-corrected chi connectivity index (χ4v) is 2.94. The first kappa shape index (κ1) is 15.3. The number of nitrogens with zero attached hydrogens (tertiary/aromatic N) is 2. The lowest BCUT2D eigenvalue weighted by molar-refractivity contribution is 0.0393. The first-order chi connectivity index (χ1) is 9.08. The molecule has 112 valence electrons. The molecular weight excluding hydrogens is 234 g/mol. The van der Waals surface area contributed by atoms with Gasteiger partial charge in [-0.2, -0.15) is 0 Å². The van der Waals surface area contributed by atoms with Crippen LogP contribution in [0.2, 0.25) is 0 Å². The van der Waals surface area contributed by atoms with Crippen molar-refractivity contribution in [1.82, 2.24) is 15.1 Å². The van der Waals surface area contributed by atoms with Gasteiger partial charge in [0.2, 0.25) is 0 Å². The maximum atomic E-state index is 3.60. The molecule has 0 amide bonds. The molecule has 19 heavy (non-hydrogen) atoms. The monoisotopic (exact) mass is 267 g/mol. The van der Waals surface area contributed by atoms with E-state index in [2.05, 4.69) is 36.0 Å². The Labute approximate surface area is 119 Å². The van der Waals surface area contributed by atoms with Gasteiger partial charge in [-0.1, -0.05) is 12.8 Å². The van der Waals surface area contributed by atoms with Crippen LogP contribution in [0.25, 0.3) is 0 Å². The van der Waals surface area contributed by atoms with Crippen molar-refractivity contribution < 1.29 is 0 Å². The molecule has 0 atom stereocenters. The van der Waals surface area contributed by atoms with E-state index in [1.54, 1.807) is 0 Å². The van der Waals surface area contributed by atoms with Crippen molar-refractivity contribution in [2.75, 3.05) is 39.8 Å². The van der Waals surface area contributed by atoms with E-state index < -0.39 is 0 Å². The Morgan fingerprint density at radius 1 is 1.05 bits per heavy atom. The minimum absolute atomic E-state index is 0.354. The summed E-state index contributed by atoms with van der Waals surface area (Å²) in [7, 11) is 2.25. The van der Waals surface area contributed by atoms with Crippen LogP contribution in [-0.4, -0.2) is 61.2 Å². The van der Waals surface area contributed by atoms with Gasteiger partial charge >= 0.3 is 0 Å². The van der Waals surface area contributed by atoms with Crippen LogP contribution in [0, 0.1) is 0 Å². The number of hydrogen-bond acceptors (Lipinski definition) is 3. The second kappa shape index (κ2) is 7.05. The minimum atomic E-state index is 0.354. The number of rotatable bonds is 8. The van der Waals surface area contributed by atoms with E-state index in [9.17, 15) is 0 Å². The first-order valence-electron chi connectivity index (χ1n) is 8.25. The smallest absolute Gasteiger partial charge is 0.0277 e. The van der Waals surface area contributed by atoms with Crippen molar-refractivity contribution in [2.45, 2.75) is 64.0 Å². The fraction of sp³-hybridized carbons (Fsp3) is 1.00. The van der Waals surface area contributed by atoms with Crippen molar-refractivity contribution in [3.8, 4) is 0 Å². The van der Waals surface area contributed by atoms with Gasteiger partial charge in [-0.15, -0.1) is 0 Å². The fourth-order valence-electron chi connectivity index (χ4n) is 2.94. The summed E-state index contributed by atoms with van der Waals surface area (Å²) in [5.41, 5.74) is 0.354. The highest BCUT2D eigenvalue weighted by Gasteiger charge is 2.30. The van der Waals surface area contributed by atoms with E-state index in [0.717, 1.165) is 6.04 Å². The van der Waals surface area contributed by atoms with Crippen LogP contribution in [0.4, 0.5) is 0 Å². The average Bonchev–Trinajstić information content (AvgIpc) is 3.16. The molecule has 0 aromatic carbocycles. The lowest BCUT2D eigenvalue weighted by atomic mass is 9.99. The molecule has 1 N–H and O–H groups in total. The molecule has 1 saturated heterocycles. The predicted molar refractivity (Wildman–Crippen MR) is 82.6 cm³/mol. The molecule has 1 aliphatic heterocycles. The normalized spacial score (nSPS) is 24.8. The van der Waals surface area contributed by atoms with Gasteiger partial charge in [0.05, 0.1) is 0 Å².